The van der Waals surface area contributed by atoms with Gasteiger partial charge in [0, 0.05) is 6.61 Å². The monoisotopic (exact) mass is 187 g/mol. The summed E-state index contributed by atoms with van der Waals surface area (Å²) < 4.78 is 5.33. The summed E-state index contributed by atoms with van der Waals surface area (Å²) in [4.78, 5) is 0. The van der Waals surface area contributed by atoms with E-state index in [0.717, 1.165) is 6.42 Å². The predicted molar refractivity (Wildman–Crippen MR) is 54.5 cm³/mol. The van der Waals surface area contributed by atoms with E-state index in [1.807, 2.05) is 13.0 Å². The molecule has 0 bridgehead atoms. The molecule has 0 heterocycles. The van der Waals surface area contributed by atoms with Crippen molar-refractivity contribution in [3.05, 3.63) is 12.2 Å². The molecule has 0 spiro atoms. The van der Waals surface area contributed by atoms with E-state index in [1.54, 1.807) is 0 Å². The summed E-state index contributed by atoms with van der Waals surface area (Å²) in [6.07, 6.45) is 5.20. The van der Waals surface area contributed by atoms with Crippen LogP contribution in [0.5, 0.6) is 0 Å². The minimum Gasteiger partial charge on any atom is -0.395 e. The Morgan fingerprint density at radius 2 is 2.15 bits per heavy atom. The van der Waals surface area contributed by atoms with Gasteiger partial charge in [0.1, 0.15) is 0 Å². The number of hydrogen-bond donors (Lipinski definition) is 2. The SMILES string of the molecule is C/C=C\CC(C)COC[C@@H](N)CO. The van der Waals surface area contributed by atoms with Crippen molar-refractivity contribution >= 4 is 0 Å². The molecule has 13 heavy (non-hydrogen) atoms. The molecule has 0 saturated heterocycles. The standard InChI is InChI=1S/C10H21NO2/c1-3-4-5-9(2)7-13-8-10(11)6-12/h3-4,9-10,12H,5-8,11H2,1-2H3/b4-3-/t9?,10-/m0/s1. The third-order valence-corrected chi connectivity index (χ3v) is 1.74. The fourth-order valence-electron chi connectivity index (χ4n) is 0.910. The smallest absolute Gasteiger partial charge is 0.0640 e. The van der Waals surface area contributed by atoms with Crippen LogP contribution in [-0.4, -0.2) is 31.0 Å². The topological polar surface area (TPSA) is 55.5 Å². The van der Waals surface area contributed by atoms with E-state index in [-0.39, 0.29) is 12.6 Å². The van der Waals surface area contributed by atoms with E-state index in [0.29, 0.717) is 19.1 Å². The number of rotatable bonds is 7. The Morgan fingerprint density at radius 3 is 2.69 bits per heavy atom. The van der Waals surface area contributed by atoms with Gasteiger partial charge in [-0.2, -0.15) is 0 Å². The van der Waals surface area contributed by atoms with Crippen molar-refractivity contribution in [2.75, 3.05) is 19.8 Å². The lowest BCUT2D eigenvalue weighted by Gasteiger charge is -2.12. The fraction of sp³-hybridized carbons (Fsp3) is 0.800. The molecule has 78 valence electrons. The highest BCUT2D eigenvalue weighted by atomic mass is 16.5. The molecule has 3 heteroatoms. The van der Waals surface area contributed by atoms with E-state index in [9.17, 15) is 0 Å². The van der Waals surface area contributed by atoms with Crippen molar-refractivity contribution in [1.82, 2.24) is 0 Å². The second kappa shape index (κ2) is 8.23. The zero-order valence-corrected chi connectivity index (χ0v) is 8.57. The molecule has 0 amide bonds. The molecule has 0 aromatic rings. The molecule has 2 atom stereocenters. The Labute approximate surface area is 80.6 Å². The Kier molecular flexibility index (Phi) is 7.99. The van der Waals surface area contributed by atoms with Gasteiger partial charge in [0.15, 0.2) is 0 Å². The lowest BCUT2D eigenvalue weighted by molar-refractivity contribution is 0.0795. The minimum atomic E-state index is -0.242. The van der Waals surface area contributed by atoms with Crippen LogP contribution in [0.2, 0.25) is 0 Å². The van der Waals surface area contributed by atoms with Gasteiger partial charge in [-0.1, -0.05) is 19.1 Å². The highest BCUT2D eigenvalue weighted by molar-refractivity contribution is 4.78. The van der Waals surface area contributed by atoms with Crippen molar-refractivity contribution in [3.8, 4) is 0 Å². The molecule has 0 fully saturated rings. The first kappa shape index (κ1) is 12.6. The molecule has 0 aliphatic rings. The van der Waals surface area contributed by atoms with Gasteiger partial charge in [-0.05, 0) is 19.3 Å². The number of aliphatic hydroxyl groups excluding tert-OH is 1. The Morgan fingerprint density at radius 1 is 1.46 bits per heavy atom. The number of ether oxygens (including phenoxy) is 1. The molecule has 3 nitrogen and oxygen atoms in total. The Bertz CT molecular complexity index is 137. The zero-order valence-electron chi connectivity index (χ0n) is 8.57. The Hall–Kier alpha value is -0.380. The number of aliphatic hydroxyl groups is 1. The average Bonchev–Trinajstić information content (AvgIpc) is 2.14. The van der Waals surface area contributed by atoms with E-state index >= 15 is 0 Å². The first-order valence-electron chi connectivity index (χ1n) is 4.76. The summed E-state index contributed by atoms with van der Waals surface area (Å²) in [7, 11) is 0. The first-order valence-corrected chi connectivity index (χ1v) is 4.76. The summed E-state index contributed by atoms with van der Waals surface area (Å²) in [6.45, 7) is 5.28. The van der Waals surface area contributed by atoms with E-state index in [2.05, 4.69) is 13.0 Å². The molecule has 0 aromatic carbocycles. The van der Waals surface area contributed by atoms with Crippen LogP contribution in [0, 0.1) is 5.92 Å². The zero-order chi connectivity index (χ0) is 10.1. The average molecular weight is 187 g/mol. The lowest BCUT2D eigenvalue weighted by atomic mass is 10.1. The molecule has 3 N–H and O–H groups in total. The van der Waals surface area contributed by atoms with Crippen LogP contribution >= 0.6 is 0 Å². The number of nitrogens with two attached hydrogens (primary N) is 1. The van der Waals surface area contributed by atoms with Gasteiger partial charge in [0.25, 0.3) is 0 Å². The molecule has 1 unspecified atom stereocenters. The van der Waals surface area contributed by atoms with Gasteiger partial charge < -0.3 is 15.6 Å². The molecule has 0 rings (SSSR count). The van der Waals surface area contributed by atoms with Crippen LogP contribution < -0.4 is 5.73 Å². The summed E-state index contributed by atoms with van der Waals surface area (Å²) in [5.41, 5.74) is 5.47. The minimum absolute atomic E-state index is 0.0107. The largest absolute Gasteiger partial charge is 0.395 e. The van der Waals surface area contributed by atoms with Crippen molar-refractivity contribution in [1.29, 1.82) is 0 Å². The van der Waals surface area contributed by atoms with Gasteiger partial charge in [-0.25, -0.2) is 0 Å². The lowest BCUT2D eigenvalue weighted by Crippen LogP contribution is -2.30. The normalized spacial score (nSPS) is 16.3. The van der Waals surface area contributed by atoms with Crippen molar-refractivity contribution in [3.63, 3.8) is 0 Å². The summed E-state index contributed by atoms with van der Waals surface area (Å²) >= 11 is 0. The maximum Gasteiger partial charge on any atom is 0.0640 e. The van der Waals surface area contributed by atoms with Gasteiger partial charge in [-0.15, -0.1) is 0 Å². The van der Waals surface area contributed by atoms with Crippen LogP contribution in [0.1, 0.15) is 20.3 Å². The first-order chi connectivity index (χ1) is 6.20. The van der Waals surface area contributed by atoms with Gasteiger partial charge >= 0.3 is 0 Å². The highest BCUT2D eigenvalue weighted by Crippen LogP contribution is 2.03. The second-order valence-electron chi connectivity index (χ2n) is 3.39. The van der Waals surface area contributed by atoms with Crippen LogP contribution in [0.15, 0.2) is 12.2 Å². The summed E-state index contributed by atoms with van der Waals surface area (Å²) in [5, 5.41) is 8.63. The summed E-state index contributed by atoms with van der Waals surface area (Å²) in [6, 6.07) is -0.242. The molecule has 0 saturated carbocycles. The third kappa shape index (κ3) is 7.96. The molecular formula is C10H21NO2. The maximum atomic E-state index is 8.63. The Balaban J connectivity index is 3.31. The summed E-state index contributed by atoms with van der Waals surface area (Å²) in [5.74, 6) is 0.516. The van der Waals surface area contributed by atoms with Crippen LogP contribution in [0.3, 0.4) is 0 Å². The third-order valence-electron chi connectivity index (χ3n) is 1.74. The van der Waals surface area contributed by atoms with Gasteiger partial charge in [0.2, 0.25) is 0 Å². The molecular weight excluding hydrogens is 166 g/mol. The van der Waals surface area contributed by atoms with Crippen molar-refractivity contribution < 1.29 is 9.84 Å². The van der Waals surface area contributed by atoms with E-state index in [4.69, 9.17) is 15.6 Å². The number of allylic oxidation sites excluding steroid dienone is 2. The quantitative estimate of drug-likeness (QED) is 0.583. The van der Waals surface area contributed by atoms with E-state index in [1.165, 1.54) is 0 Å². The number of hydrogen-bond acceptors (Lipinski definition) is 3. The van der Waals surface area contributed by atoms with E-state index < -0.39 is 0 Å². The highest BCUT2D eigenvalue weighted by Gasteiger charge is 2.03. The molecule has 0 aliphatic carbocycles. The van der Waals surface area contributed by atoms with Gasteiger partial charge in [0.05, 0.1) is 19.3 Å². The van der Waals surface area contributed by atoms with Crippen molar-refractivity contribution in [2.24, 2.45) is 11.7 Å². The predicted octanol–water partition coefficient (Wildman–Crippen LogP) is 0.925. The molecule has 0 radical (unpaired) electrons. The van der Waals surface area contributed by atoms with Crippen LogP contribution in [0.4, 0.5) is 0 Å². The molecule has 0 aliphatic heterocycles. The van der Waals surface area contributed by atoms with Gasteiger partial charge in [-0.3, -0.25) is 0 Å². The van der Waals surface area contributed by atoms with Crippen molar-refractivity contribution in [2.45, 2.75) is 26.3 Å². The van der Waals surface area contributed by atoms with Crippen LogP contribution in [0.25, 0.3) is 0 Å². The van der Waals surface area contributed by atoms with Crippen LogP contribution in [-0.2, 0) is 4.74 Å². The second-order valence-corrected chi connectivity index (χ2v) is 3.39. The fourth-order valence-corrected chi connectivity index (χ4v) is 0.910. The maximum absolute atomic E-state index is 8.63. The molecule has 0 aromatic heterocycles.